The number of nitrogens with one attached hydrogen (secondary N) is 2. The van der Waals surface area contributed by atoms with E-state index in [1.165, 1.54) is 10.9 Å². The lowest BCUT2D eigenvalue weighted by Gasteiger charge is -2.10. The topological polar surface area (TPSA) is 107 Å². The number of aromatic amines is 1. The quantitative estimate of drug-likeness (QED) is 0.587. The molecule has 3 aromatic rings. The standard InChI is InChI=1S/C22H24N6O2/c1-15-11-16(12-23)5-7-18(15)19-14-26-28(22(19)30)20-8-6-17(13-25-20)21(29)24-9-4-10-27(2)3/h5-8,11,13-14,26H,4,9-10H2,1-3H3,(H,24,29). The Labute approximate surface area is 174 Å². The Bertz CT molecular complexity index is 1140. The highest BCUT2D eigenvalue weighted by molar-refractivity contribution is 5.93. The lowest BCUT2D eigenvalue weighted by molar-refractivity contribution is 0.0952. The van der Waals surface area contributed by atoms with Crippen molar-refractivity contribution < 1.29 is 4.79 Å². The van der Waals surface area contributed by atoms with Crippen LogP contribution in [0.25, 0.3) is 16.9 Å². The highest BCUT2D eigenvalue weighted by atomic mass is 16.1. The van der Waals surface area contributed by atoms with Gasteiger partial charge < -0.3 is 10.2 Å². The van der Waals surface area contributed by atoms with E-state index >= 15 is 0 Å². The van der Waals surface area contributed by atoms with E-state index in [4.69, 9.17) is 5.26 Å². The second-order valence-corrected chi connectivity index (χ2v) is 7.29. The number of nitriles is 1. The predicted octanol–water partition coefficient (Wildman–Crippen LogP) is 2.09. The van der Waals surface area contributed by atoms with Gasteiger partial charge in [0.05, 0.1) is 22.8 Å². The van der Waals surface area contributed by atoms with E-state index in [1.807, 2.05) is 21.0 Å². The Hall–Kier alpha value is -3.70. The van der Waals surface area contributed by atoms with Gasteiger partial charge in [0.15, 0.2) is 5.82 Å². The molecular formula is C22H24N6O2. The average Bonchev–Trinajstić information content (AvgIpc) is 3.12. The summed E-state index contributed by atoms with van der Waals surface area (Å²) in [6.07, 6.45) is 3.93. The maximum absolute atomic E-state index is 12.9. The molecule has 2 N–H and O–H groups in total. The normalized spacial score (nSPS) is 10.8. The van der Waals surface area contributed by atoms with E-state index in [-0.39, 0.29) is 11.5 Å². The molecule has 2 heterocycles. The van der Waals surface area contributed by atoms with Gasteiger partial charge in [0.1, 0.15) is 0 Å². The molecule has 0 fully saturated rings. The van der Waals surface area contributed by atoms with Crippen molar-refractivity contribution in [3.8, 4) is 23.0 Å². The number of H-pyrrole nitrogens is 1. The molecule has 8 nitrogen and oxygen atoms in total. The first-order valence-electron chi connectivity index (χ1n) is 9.61. The zero-order valence-electron chi connectivity index (χ0n) is 17.3. The van der Waals surface area contributed by atoms with Crippen LogP contribution >= 0.6 is 0 Å². The van der Waals surface area contributed by atoms with Crippen LogP contribution in [-0.4, -0.2) is 52.8 Å². The van der Waals surface area contributed by atoms with Gasteiger partial charge in [0.25, 0.3) is 11.5 Å². The summed E-state index contributed by atoms with van der Waals surface area (Å²) in [5.41, 5.74) is 2.81. The molecule has 0 aliphatic rings. The number of rotatable bonds is 7. The minimum Gasteiger partial charge on any atom is -0.352 e. The van der Waals surface area contributed by atoms with E-state index in [2.05, 4.69) is 26.4 Å². The monoisotopic (exact) mass is 404 g/mol. The van der Waals surface area contributed by atoms with Gasteiger partial charge in [0, 0.05) is 18.9 Å². The van der Waals surface area contributed by atoms with Crippen molar-refractivity contribution in [2.75, 3.05) is 27.2 Å². The van der Waals surface area contributed by atoms with Crippen LogP contribution in [0.5, 0.6) is 0 Å². The van der Waals surface area contributed by atoms with Crippen LogP contribution in [0.15, 0.2) is 47.5 Å². The van der Waals surface area contributed by atoms with Crippen molar-refractivity contribution in [1.29, 1.82) is 5.26 Å². The fourth-order valence-electron chi connectivity index (χ4n) is 3.12. The molecule has 0 atom stereocenters. The van der Waals surface area contributed by atoms with E-state index in [0.29, 0.717) is 29.1 Å². The minimum atomic E-state index is -0.254. The highest BCUT2D eigenvalue weighted by Crippen LogP contribution is 2.21. The van der Waals surface area contributed by atoms with Gasteiger partial charge in [-0.2, -0.15) is 5.26 Å². The molecule has 1 aromatic carbocycles. The van der Waals surface area contributed by atoms with Crippen LogP contribution in [0, 0.1) is 18.3 Å². The van der Waals surface area contributed by atoms with Gasteiger partial charge in [-0.25, -0.2) is 9.67 Å². The minimum absolute atomic E-state index is 0.194. The van der Waals surface area contributed by atoms with Crippen molar-refractivity contribution in [3.63, 3.8) is 0 Å². The zero-order chi connectivity index (χ0) is 21.7. The summed E-state index contributed by atoms with van der Waals surface area (Å²) >= 11 is 0. The van der Waals surface area contributed by atoms with Crippen molar-refractivity contribution in [1.82, 2.24) is 25.0 Å². The number of amides is 1. The van der Waals surface area contributed by atoms with Crippen LogP contribution in [-0.2, 0) is 0 Å². The third kappa shape index (κ3) is 4.64. The number of benzene rings is 1. The predicted molar refractivity (Wildman–Crippen MR) is 115 cm³/mol. The number of hydrogen-bond acceptors (Lipinski definition) is 5. The molecule has 0 bridgehead atoms. The molecule has 1 amide bonds. The fourth-order valence-corrected chi connectivity index (χ4v) is 3.12. The SMILES string of the molecule is Cc1cc(C#N)ccc1-c1c[nH]n(-c2ccc(C(=O)NCCCN(C)C)cn2)c1=O. The van der Waals surface area contributed by atoms with Gasteiger partial charge in [-0.15, -0.1) is 0 Å². The Morgan fingerprint density at radius 2 is 2.07 bits per heavy atom. The maximum atomic E-state index is 12.9. The molecule has 0 unspecified atom stereocenters. The zero-order valence-corrected chi connectivity index (χ0v) is 17.3. The van der Waals surface area contributed by atoms with Crippen molar-refractivity contribution >= 4 is 5.91 Å². The third-order valence-corrected chi connectivity index (χ3v) is 4.72. The first-order valence-corrected chi connectivity index (χ1v) is 9.61. The van der Waals surface area contributed by atoms with Gasteiger partial charge in [-0.1, -0.05) is 6.07 Å². The summed E-state index contributed by atoms with van der Waals surface area (Å²) in [6, 6.07) is 10.6. The fraction of sp³-hybridized carbons (Fsp3) is 0.273. The molecular weight excluding hydrogens is 380 g/mol. The molecule has 0 saturated heterocycles. The largest absolute Gasteiger partial charge is 0.352 e. The molecule has 154 valence electrons. The van der Waals surface area contributed by atoms with Gasteiger partial charge in [-0.3, -0.25) is 14.7 Å². The van der Waals surface area contributed by atoms with Crippen LogP contribution < -0.4 is 10.9 Å². The molecule has 0 aliphatic carbocycles. The van der Waals surface area contributed by atoms with E-state index in [1.54, 1.807) is 36.5 Å². The lowest BCUT2D eigenvalue weighted by Crippen LogP contribution is -2.27. The first-order chi connectivity index (χ1) is 14.4. The number of carbonyl (C=O) groups is 1. The molecule has 3 rings (SSSR count). The Balaban J connectivity index is 1.76. The number of nitrogens with zero attached hydrogens (tertiary/aromatic N) is 4. The van der Waals surface area contributed by atoms with E-state index < -0.39 is 0 Å². The number of aromatic nitrogens is 3. The Morgan fingerprint density at radius 1 is 1.27 bits per heavy atom. The van der Waals surface area contributed by atoms with Crippen LogP contribution in [0.3, 0.4) is 0 Å². The van der Waals surface area contributed by atoms with Gasteiger partial charge in [-0.05, 0) is 69.4 Å². The summed E-state index contributed by atoms with van der Waals surface area (Å²) < 4.78 is 1.33. The van der Waals surface area contributed by atoms with E-state index in [0.717, 1.165) is 24.1 Å². The number of carbonyl (C=O) groups excluding carboxylic acids is 1. The van der Waals surface area contributed by atoms with Crippen molar-refractivity contribution in [3.05, 3.63) is 69.8 Å². The first kappa shape index (κ1) is 21.0. The smallest absolute Gasteiger partial charge is 0.280 e. The number of pyridine rings is 1. The van der Waals surface area contributed by atoms with Crippen LogP contribution in [0.4, 0.5) is 0 Å². The molecule has 0 spiro atoms. The number of hydrogen-bond donors (Lipinski definition) is 2. The number of aryl methyl sites for hydroxylation is 1. The van der Waals surface area contributed by atoms with E-state index in [9.17, 15) is 9.59 Å². The molecule has 2 aromatic heterocycles. The molecule has 8 heteroatoms. The average molecular weight is 404 g/mol. The Kier molecular flexibility index (Phi) is 6.45. The second-order valence-electron chi connectivity index (χ2n) is 7.29. The molecule has 30 heavy (non-hydrogen) atoms. The van der Waals surface area contributed by atoms with Gasteiger partial charge in [0.2, 0.25) is 0 Å². The second kappa shape index (κ2) is 9.20. The summed E-state index contributed by atoms with van der Waals surface area (Å²) in [7, 11) is 3.97. The van der Waals surface area contributed by atoms with Crippen LogP contribution in [0.2, 0.25) is 0 Å². The molecule has 0 aliphatic heterocycles. The molecule has 0 saturated carbocycles. The lowest BCUT2D eigenvalue weighted by atomic mass is 10.0. The van der Waals surface area contributed by atoms with Crippen LogP contribution in [0.1, 0.15) is 27.9 Å². The maximum Gasteiger partial charge on any atom is 0.280 e. The van der Waals surface area contributed by atoms with Crippen molar-refractivity contribution in [2.24, 2.45) is 0 Å². The highest BCUT2D eigenvalue weighted by Gasteiger charge is 2.14. The third-order valence-electron chi connectivity index (χ3n) is 4.72. The summed E-state index contributed by atoms with van der Waals surface area (Å²) in [4.78, 5) is 31.4. The van der Waals surface area contributed by atoms with Gasteiger partial charge >= 0.3 is 0 Å². The molecule has 0 radical (unpaired) electrons. The summed E-state index contributed by atoms with van der Waals surface area (Å²) in [5, 5.41) is 14.8. The Morgan fingerprint density at radius 3 is 2.70 bits per heavy atom. The summed E-state index contributed by atoms with van der Waals surface area (Å²) in [5.74, 6) is 0.197. The van der Waals surface area contributed by atoms with Crippen molar-refractivity contribution in [2.45, 2.75) is 13.3 Å². The summed E-state index contributed by atoms with van der Waals surface area (Å²) in [6.45, 7) is 3.34.